The lowest BCUT2D eigenvalue weighted by Crippen LogP contribution is -2.19. The van der Waals surface area contributed by atoms with E-state index in [4.69, 9.17) is 0 Å². The Labute approximate surface area is 105 Å². The summed E-state index contributed by atoms with van der Waals surface area (Å²) in [5.74, 6) is -0.897. The summed E-state index contributed by atoms with van der Waals surface area (Å²) in [7, 11) is 0. The van der Waals surface area contributed by atoms with E-state index in [1.165, 1.54) is 22.6 Å². The molecular weight excluding hydrogens is 360 g/mol. The largest absolute Gasteiger partial charge is 0.574 e. The van der Waals surface area contributed by atoms with Crippen LogP contribution in [0.15, 0.2) is 6.20 Å². The fraction of sp³-hybridized carbons (Fsp3) is 0.143. The first-order valence-corrected chi connectivity index (χ1v) is 4.88. The fourth-order valence-electron chi connectivity index (χ4n) is 0.912. The molecule has 17 heavy (non-hydrogen) atoms. The molecule has 92 valence electrons. The Balaban J connectivity index is 3.30. The van der Waals surface area contributed by atoms with E-state index >= 15 is 0 Å². The van der Waals surface area contributed by atoms with Gasteiger partial charge in [0.05, 0.1) is 8.49 Å². The van der Waals surface area contributed by atoms with Crippen molar-refractivity contribution >= 4 is 34.6 Å². The zero-order valence-electron chi connectivity index (χ0n) is 7.69. The van der Waals surface area contributed by atoms with E-state index in [9.17, 15) is 28.1 Å². The molecule has 10 heteroatoms. The maximum absolute atomic E-state index is 11.9. The Morgan fingerprint density at radius 2 is 2.12 bits per heavy atom. The van der Waals surface area contributed by atoms with Gasteiger partial charge in [-0.05, 0) is 22.6 Å². The summed E-state index contributed by atoms with van der Waals surface area (Å²) in [5, 5.41) is 10.5. The molecular formula is C7H2F3IN2O4. The smallest absolute Gasteiger partial charge is 0.387 e. The number of carbonyl (C=O) groups is 1. The van der Waals surface area contributed by atoms with Gasteiger partial charge in [-0.25, -0.2) is 4.98 Å². The first kappa shape index (κ1) is 13.6. The summed E-state index contributed by atoms with van der Waals surface area (Å²) in [6.07, 6.45) is -4.37. The van der Waals surface area contributed by atoms with Gasteiger partial charge in [-0.2, -0.15) is 0 Å². The molecule has 0 unspecified atom stereocenters. The monoisotopic (exact) mass is 362 g/mol. The molecule has 1 aromatic heterocycles. The molecule has 0 saturated carbocycles. The van der Waals surface area contributed by atoms with Gasteiger partial charge < -0.3 is 4.74 Å². The van der Waals surface area contributed by atoms with Gasteiger partial charge in [0, 0.05) is 0 Å². The predicted octanol–water partition coefficient (Wildman–Crippen LogP) is 2.31. The normalized spacial score (nSPS) is 11.1. The number of hydrogen-bond donors (Lipinski definition) is 0. The van der Waals surface area contributed by atoms with Crippen LogP contribution in [0.1, 0.15) is 10.4 Å². The van der Waals surface area contributed by atoms with E-state index in [1.807, 2.05) is 0 Å². The van der Waals surface area contributed by atoms with Crippen LogP contribution in [0.3, 0.4) is 0 Å². The third kappa shape index (κ3) is 3.25. The Morgan fingerprint density at radius 3 is 2.53 bits per heavy atom. The molecule has 1 heterocycles. The molecule has 0 bridgehead atoms. The second-order valence-electron chi connectivity index (χ2n) is 2.60. The number of aldehydes is 1. The number of hydrogen-bond acceptors (Lipinski definition) is 5. The molecule has 0 radical (unpaired) electrons. The average Bonchev–Trinajstić information content (AvgIpc) is 2.18. The van der Waals surface area contributed by atoms with Crippen molar-refractivity contribution in [3.8, 4) is 5.88 Å². The van der Waals surface area contributed by atoms with Crippen LogP contribution in [0, 0.1) is 13.7 Å². The molecule has 0 N–H and O–H groups in total. The molecule has 0 aliphatic rings. The highest BCUT2D eigenvalue weighted by molar-refractivity contribution is 14.1. The summed E-state index contributed by atoms with van der Waals surface area (Å²) in [4.78, 5) is 23.3. The van der Waals surface area contributed by atoms with Crippen molar-refractivity contribution in [1.29, 1.82) is 0 Å². The minimum absolute atomic E-state index is 0.0742. The van der Waals surface area contributed by atoms with E-state index in [0.717, 1.165) is 0 Å². The van der Waals surface area contributed by atoms with Gasteiger partial charge in [0.25, 0.3) is 5.69 Å². The number of nitrogens with zero attached hydrogens (tertiary/aromatic N) is 2. The van der Waals surface area contributed by atoms with Crippen molar-refractivity contribution in [2.45, 2.75) is 6.36 Å². The molecule has 0 aromatic carbocycles. The molecule has 0 spiro atoms. The molecule has 1 aromatic rings. The SMILES string of the molecule is O=Cc1c([N+](=O)[O-])cnc(OC(F)(F)F)c1I. The van der Waals surface area contributed by atoms with Crippen LogP contribution in [-0.4, -0.2) is 22.6 Å². The third-order valence-corrected chi connectivity index (χ3v) is 2.57. The summed E-state index contributed by atoms with van der Waals surface area (Å²) in [6.45, 7) is 0. The predicted molar refractivity (Wildman–Crippen MR) is 55.7 cm³/mol. The maximum atomic E-state index is 11.9. The number of aromatic nitrogens is 1. The van der Waals surface area contributed by atoms with E-state index in [0.29, 0.717) is 6.20 Å². The van der Waals surface area contributed by atoms with Crippen molar-refractivity contribution in [2.75, 3.05) is 0 Å². The van der Waals surface area contributed by atoms with Crippen LogP contribution in [0.2, 0.25) is 0 Å². The second-order valence-corrected chi connectivity index (χ2v) is 3.68. The lowest BCUT2D eigenvalue weighted by atomic mass is 10.2. The standard InChI is InChI=1S/C7H2F3IN2O4/c8-7(9,10)17-6-5(11)3(2-14)4(1-12-6)13(15)16/h1-2H. The number of halogens is 4. The van der Waals surface area contributed by atoms with Gasteiger partial charge in [0.2, 0.25) is 5.88 Å². The topological polar surface area (TPSA) is 82.3 Å². The van der Waals surface area contributed by atoms with Crippen LogP contribution in [0.5, 0.6) is 5.88 Å². The number of pyridine rings is 1. The summed E-state index contributed by atoms with van der Waals surface area (Å²) in [5.41, 5.74) is -1.19. The van der Waals surface area contributed by atoms with Gasteiger partial charge in [0.1, 0.15) is 11.8 Å². The van der Waals surface area contributed by atoms with Crippen molar-refractivity contribution in [1.82, 2.24) is 4.98 Å². The molecule has 0 aliphatic carbocycles. The van der Waals surface area contributed by atoms with Crippen molar-refractivity contribution < 1.29 is 27.6 Å². The van der Waals surface area contributed by atoms with Crippen LogP contribution in [0.25, 0.3) is 0 Å². The second kappa shape index (κ2) is 4.81. The highest BCUT2D eigenvalue weighted by Crippen LogP contribution is 2.31. The van der Waals surface area contributed by atoms with Gasteiger partial charge in [-0.3, -0.25) is 14.9 Å². The van der Waals surface area contributed by atoms with E-state index in [1.54, 1.807) is 0 Å². The van der Waals surface area contributed by atoms with Crippen LogP contribution in [0.4, 0.5) is 18.9 Å². The number of ether oxygens (including phenoxy) is 1. The first-order valence-electron chi connectivity index (χ1n) is 3.80. The van der Waals surface area contributed by atoms with Crippen LogP contribution < -0.4 is 4.74 Å². The quantitative estimate of drug-likeness (QED) is 0.357. The number of alkyl halides is 3. The maximum Gasteiger partial charge on any atom is 0.574 e. The van der Waals surface area contributed by atoms with Gasteiger partial charge >= 0.3 is 6.36 Å². The summed E-state index contributed by atoms with van der Waals surface area (Å²) >= 11 is 1.32. The first-order chi connectivity index (χ1) is 7.76. The molecule has 1 rings (SSSR count). The molecule has 0 amide bonds. The van der Waals surface area contributed by atoms with Crippen LogP contribution >= 0.6 is 22.6 Å². The van der Waals surface area contributed by atoms with E-state index < -0.39 is 28.4 Å². The van der Waals surface area contributed by atoms with Crippen molar-refractivity contribution in [3.63, 3.8) is 0 Å². The molecule has 0 atom stereocenters. The molecule has 0 fully saturated rings. The lowest BCUT2D eigenvalue weighted by Gasteiger charge is -2.09. The average molecular weight is 362 g/mol. The summed E-state index contributed by atoms with van der Waals surface area (Å²) < 4.78 is 38.9. The number of nitro groups is 1. The Morgan fingerprint density at radius 1 is 1.53 bits per heavy atom. The van der Waals surface area contributed by atoms with Gasteiger partial charge in [0.15, 0.2) is 6.29 Å². The molecule has 0 saturated heterocycles. The number of rotatable bonds is 3. The molecule has 0 aliphatic heterocycles. The Kier molecular flexibility index (Phi) is 3.85. The van der Waals surface area contributed by atoms with Gasteiger partial charge in [-0.1, -0.05) is 0 Å². The number of carbonyl (C=O) groups excluding carboxylic acids is 1. The highest BCUT2D eigenvalue weighted by Gasteiger charge is 2.34. The minimum atomic E-state index is -4.98. The van der Waals surface area contributed by atoms with Crippen LogP contribution in [-0.2, 0) is 0 Å². The van der Waals surface area contributed by atoms with Crippen molar-refractivity contribution in [2.24, 2.45) is 0 Å². The van der Waals surface area contributed by atoms with E-state index in [-0.39, 0.29) is 9.86 Å². The van der Waals surface area contributed by atoms with Gasteiger partial charge in [-0.15, -0.1) is 13.2 Å². The Bertz CT molecular complexity index is 477. The highest BCUT2D eigenvalue weighted by atomic mass is 127. The zero-order valence-corrected chi connectivity index (χ0v) is 9.85. The zero-order chi connectivity index (χ0) is 13.2. The van der Waals surface area contributed by atoms with E-state index in [2.05, 4.69) is 9.72 Å². The van der Waals surface area contributed by atoms with Crippen molar-refractivity contribution in [3.05, 3.63) is 25.4 Å². The Hall–Kier alpha value is -1.46. The minimum Gasteiger partial charge on any atom is -0.387 e. The summed E-state index contributed by atoms with van der Waals surface area (Å²) in [6, 6.07) is 0. The molecule has 6 nitrogen and oxygen atoms in total. The lowest BCUT2D eigenvalue weighted by molar-refractivity contribution is -0.385. The fourth-order valence-corrected chi connectivity index (χ4v) is 1.56. The third-order valence-electron chi connectivity index (χ3n) is 1.53.